The number of hydrogen-bond donors (Lipinski definition) is 1. The summed E-state index contributed by atoms with van der Waals surface area (Å²) >= 11 is 0. The topological polar surface area (TPSA) is 54.5 Å². The first-order chi connectivity index (χ1) is 9.29. The number of esters is 1. The summed E-state index contributed by atoms with van der Waals surface area (Å²) in [6, 6.07) is 4.28. The van der Waals surface area contributed by atoms with Crippen molar-refractivity contribution >= 4 is 11.8 Å². The van der Waals surface area contributed by atoms with Gasteiger partial charge in [-0.25, -0.2) is 9.78 Å². The van der Waals surface area contributed by atoms with Gasteiger partial charge in [0.15, 0.2) is 0 Å². The Kier molecular flexibility index (Phi) is 3.38. The number of rotatable bonds is 3. The molecule has 0 amide bonds. The van der Waals surface area contributed by atoms with E-state index in [2.05, 4.69) is 15.2 Å². The highest BCUT2D eigenvalue weighted by Crippen LogP contribution is 2.30. The van der Waals surface area contributed by atoms with Gasteiger partial charge in [0.2, 0.25) is 0 Å². The Bertz CT molecular complexity index is 460. The van der Waals surface area contributed by atoms with Crippen molar-refractivity contribution in [2.45, 2.75) is 19.4 Å². The lowest BCUT2D eigenvalue weighted by Gasteiger charge is -2.24. The van der Waals surface area contributed by atoms with Crippen LogP contribution < -0.4 is 10.2 Å². The third kappa shape index (κ3) is 2.30. The third-order valence-corrected chi connectivity index (χ3v) is 4.00. The van der Waals surface area contributed by atoms with Crippen LogP contribution in [-0.2, 0) is 4.74 Å². The van der Waals surface area contributed by atoms with E-state index in [0.29, 0.717) is 18.2 Å². The predicted molar refractivity (Wildman–Crippen MR) is 72.3 cm³/mol. The maximum absolute atomic E-state index is 11.6. The van der Waals surface area contributed by atoms with Gasteiger partial charge in [-0.1, -0.05) is 0 Å². The lowest BCUT2D eigenvalue weighted by molar-refractivity contribution is 0.0526. The van der Waals surface area contributed by atoms with Crippen LogP contribution in [0.2, 0.25) is 0 Å². The lowest BCUT2D eigenvalue weighted by atomic mass is 10.1. The Morgan fingerprint density at radius 3 is 3.16 bits per heavy atom. The zero-order chi connectivity index (χ0) is 13.2. The van der Waals surface area contributed by atoms with Crippen molar-refractivity contribution in [1.82, 2.24) is 10.3 Å². The minimum Gasteiger partial charge on any atom is -0.462 e. The van der Waals surface area contributed by atoms with Gasteiger partial charge < -0.3 is 15.0 Å². The van der Waals surface area contributed by atoms with E-state index in [-0.39, 0.29) is 5.97 Å². The molecule has 2 aliphatic heterocycles. The number of aromatic nitrogens is 1. The number of fused-ring (bicyclic) bond motifs is 1. The number of hydrogen-bond acceptors (Lipinski definition) is 5. The fourth-order valence-corrected chi connectivity index (χ4v) is 3.02. The first kappa shape index (κ1) is 12.4. The molecule has 0 unspecified atom stereocenters. The van der Waals surface area contributed by atoms with E-state index >= 15 is 0 Å². The molecule has 0 bridgehead atoms. The maximum Gasteiger partial charge on any atom is 0.339 e. The molecule has 0 aromatic carbocycles. The van der Waals surface area contributed by atoms with Crippen LogP contribution in [0.4, 0.5) is 5.82 Å². The van der Waals surface area contributed by atoms with Crippen LogP contribution in [0.25, 0.3) is 0 Å². The molecule has 0 aliphatic carbocycles. The zero-order valence-electron chi connectivity index (χ0n) is 11.1. The second-order valence-electron chi connectivity index (χ2n) is 5.09. The Hall–Kier alpha value is -1.62. The van der Waals surface area contributed by atoms with Crippen LogP contribution in [0, 0.1) is 5.92 Å². The molecule has 0 radical (unpaired) electrons. The van der Waals surface area contributed by atoms with Crippen molar-refractivity contribution in [2.24, 2.45) is 5.92 Å². The Morgan fingerprint density at radius 1 is 1.53 bits per heavy atom. The van der Waals surface area contributed by atoms with E-state index in [1.165, 1.54) is 6.42 Å². The van der Waals surface area contributed by atoms with Crippen molar-refractivity contribution in [3.05, 3.63) is 23.9 Å². The first-order valence-electron chi connectivity index (χ1n) is 6.90. The highest BCUT2D eigenvalue weighted by Gasteiger charge is 2.37. The molecule has 5 nitrogen and oxygen atoms in total. The van der Waals surface area contributed by atoms with Gasteiger partial charge in [-0.3, -0.25) is 0 Å². The summed E-state index contributed by atoms with van der Waals surface area (Å²) in [5.74, 6) is 1.40. The monoisotopic (exact) mass is 261 g/mol. The Labute approximate surface area is 113 Å². The van der Waals surface area contributed by atoms with Crippen LogP contribution in [0.1, 0.15) is 23.7 Å². The van der Waals surface area contributed by atoms with Crippen LogP contribution >= 0.6 is 0 Å². The number of carbonyl (C=O) groups is 1. The van der Waals surface area contributed by atoms with Crippen molar-refractivity contribution in [3.63, 3.8) is 0 Å². The van der Waals surface area contributed by atoms with Gasteiger partial charge in [-0.05, 0) is 31.4 Å². The first-order valence-corrected chi connectivity index (χ1v) is 6.90. The van der Waals surface area contributed by atoms with Gasteiger partial charge in [-0.2, -0.15) is 0 Å². The van der Waals surface area contributed by atoms with Crippen LogP contribution in [0.3, 0.4) is 0 Å². The minimum atomic E-state index is -0.302. The standard InChI is InChI=1S/C14H19N3O2/c1-2-19-14(18)11-3-4-13(16-8-11)17-6-5-10-7-15-9-12(10)17/h3-4,8,10,12,15H,2,5-7,9H2,1H3/t10-,12+/m0/s1. The van der Waals surface area contributed by atoms with Gasteiger partial charge in [0.1, 0.15) is 5.82 Å². The van der Waals surface area contributed by atoms with Gasteiger partial charge in [-0.15, -0.1) is 0 Å². The van der Waals surface area contributed by atoms with E-state index in [1.54, 1.807) is 19.2 Å². The summed E-state index contributed by atoms with van der Waals surface area (Å²) in [6.45, 7) is 5.40. The second kappa shape index (κ2) is 5.17. The predicted octanol–water partition coefficient (Wildman–Crippen LogP) is 1.06. The number of anilines is 1. The van der Waals surface area contributed by atoms with E-state index in [9.17, 15) is 4.79 Å². The SMILES string of the molecule is CCOC(=O)c1ccc(N2CC[C@H]3CNC[C@H]32)nc1. The van der Waals surface area contributed by atoms with Crippen LogP contribution in [-0.4, -0.2) is 43.2 Å². The molecular weight excluding hydrogens is 242 g/mol. The number of carbonyl (C=O) groups excluding carboxylic acids is 1. The highest BCUT2D eigenvalue weighted by molar-refractivity contribution is 5.89. The molecule has 0 spiro atoms. The van der Waals surface area contributed by atoms with E-state index in [1.807, 2.05) is 6.07 Å². The number of nitrogens with zero attached hydrogens (tertiary/aromatic N) is 2. The highest BCUT2D eigenvalue weighted by atomic mass is 16.5. The maximum atomic E-state index is 11.6. The Morgan fingerprint density at radius 2 is 2.42 bits per heavy atom. The molecule has 2 fully saturated rings. The summed E-state index contributed by atoms with van der Waals surface area (Å²) < 4.78 is 4.96. The summed E-state index contributed by atoms with van der Waals surface area (Å²) in [4.78, 5) is 18.3. The molecule has 0 saturated carbocycles. The number of ether oxygens (including phenoxy) is 1. The average Bonchev–Trinajstić information content (AvgIpc) is 3.01. The minimum absolute atomic E-state index is 0.302. The molecule has 102 valence electrons. The normalized spacial score (nSPS) is 25.4. The molecule has 1 aromatic heterocycles. The largest absolute Gasteiger partial charge is 0.462 e. The van der Waals surface area contributed by atoms with Gasteiger partial charge >= 0.3 is 5.97 Å². The second-order valence-corrected chi connectivity index (χ2v) is 5.09. The van der Waals surface area contributed by atoms with Crippen LogP contribution in [0.5, 0.6) is 0 Å². The summed E-state index contributed by atoms with van der Waals surface area (Å²) in [6.07, 6.45) is 2.84. The lowest BCUT2D eigenvalue weighted by Crippen LogP contribution is -2.34. The molecule has 1 aromatic rings. The molecular formula is C14H19N3O2. The van der Waals surface area contributed by atoms with Crippen molar-refractivity contribution in [1.29, 1.82) is 0 Å². The summed E-state index contributed by atoms with van der Waals surface area (Å²) in [5.41, 5.74) is 0.519. The van der Waals surface area contributed by atoms with E-state index in [4.69, 9.17) is 4.74 Å². The van der Waals surface area contributed by atoms with Gasteiger partial charge in [0.05, 0.1) is 12.2 Å². The molecule has 2 saturated heterocycles. The van der Waals surface area contributed by atoms with E-state index < -0.39 is 0 Å². The van der Waals surface area contributed by atoms with E-state index in [0.717, 1.165) is 31.4 Å². The molecule has 5 heteroatoms. The molecule has 3 heterocycles. The van der Waals surface area contributed by atoms with Crippen molar-refractivity contribution in [2.75, 3.05) is 31.1 Å². The third-order valence-electron chi connectivity index (χ3n) is 4.00. The fraction of sp³-hybridized carbons (Fsp3) is 0.571. The van der Waals surface area contributed by atoms with Crippen molar-refractivity contribution in [3.8, 4) is 0 Å². The molecule has 3 rings (SSSR count). The zero-order valence-corrected chi connectivity index (χ0v) is 11.1. The van der Waals surface area contributed by atoms with Gasteiger partial charge in [0.25, 0.3) is 0 Å². The molecule has 2 atom stereocenters. The number of pyridine rings is 1. The summed E-state index contributed by atoms with van der Waals surface area (Å²) in [5, 5.41) is 3.43. The van der Waals surface area contributed by atoms with Gasteiger partial charge in [0, 0.05) is 31.9 Å². The van der Waals surface area contributed by atoms with Crippen molar-refractivity contribution < 1.29 is 9.53 Å². The fourth-order valence-electron chi connectivity index (χ4n) is 3.02. The number of nitrogens with one attached hydrogen (secondary N) is 1. The smallest absolute Gasteiger partial charge is 0.339 e. The summed E-state index contributed by atoms with van der Waals surface area (Å²) in [7, 11) is 0. The average molecular weight is 261 g/mol. The van der Waals surface area contributed by atoms with Crippen LogP contribution in [0.15, 0.2) is 18.3 Å². The molecule has 1 N–H and O–H groups in total. The molecule has 19 heavy (non-hydrogen) atoms. The quantitative estimate of drug-likeness (QED) is 0.824. The Balaban J connectivity index is 1.74. The molecule has 2 aliphatic rings.